The first-order chi connectivity index (χ1) is 12.4. The van der Waals surface area contributed by atoms with Crippen LogP contribution in [0.5, 0.6) is 0 Å². The van der Waals surface area contributed by atoms with Crippen LogP contribution in [0.1, 0.15) is 44.2 Å². The maximum atomic E-state index is 12.3. The summed E-state index contributed by atoms with van der Waals surface area (Å²) in [5.41, 5.74) is 4.81. The number of carbonyl (C=O) groups excluding carboxylic acids is 2. The largest absolute Gasteiger partial charge is 0.385 e. The zero-order valence-electron chi connectivity index (χ0n) is 15.8. The van der Waals surface area contributed by atoms with Crippen LogP contribution >= 0.6 is 0 Å². The molecule has 0 heterocycles. The molecule has 2 aromatic carbocycles. The summed E-state index contributed by atoms with van der Waals surface area (Å²) in [4.78, 5) is 23.3. The van der Waals surface area contributed by atoms with E-state index in [0.29, 0.717) is 18.9 Å². The lowest BCUT2D eigenvalue weighted by molar-refractivity contribution is -0.116. The Bertz CT molecular complexity index is 767. The van der Waals surface area contributed by atoms with Crippen molar-refractivity contribution in [1.29, 1.82) is 0 Å². The van der Waals surface area contributed by atoms with Gasteiger partial charge in [-0.05, 0) is 48.2 Å². The molecule has 5 nitrogen and oxygen atoms in total. The first-order valence-corrected chi connectivity index (χ1v) is 8.87. The summed E-state index contributed by atoms with van der Waals surface area (Å²) in [5, 5.41) is 8.99. The molecule has 0 aliphatic rings. The van der Waals surface area contributed by atoms with Crippen LogP contribution in [0, 0.1) is 6.92 Å². The predicted molar refractivity (Wildman–Crippen MR) is 108 cm³/mol. The lowest BCUT2D eigenvalue weighted by Gasteiger charge is -2.16. The molecule has 2 aromatic rings. The average Bonchev–Trinajstić information content (AvgIpc) is 2.57. The summed E-state index contributed by atoms with van der Waals surface area (Å²) in [7, 11) is 0. The average molecular weight is 353 g/mol. The third-order valence-electron chi connectivity index (χ3n) is 4.08. The highest BCUT2D eigenvalue weighted by molar-refractivity contribution is 5.93. The molecule has 0 aliphatic carbocycles. The summed E-state index contributed by atoms with van der Waals surface area (Å²) in [6.45, 7) is 8.27. The Morgan fingerprint density at radius 3 is 2.23 bits per heavy atom. The number of hydrogen-bond acceptors (Lipinski definition) is 3. The van der Waals surface area contributed by atoms with E-state index in [9.17, 15) is 9.59 Å². The highest BCUT2D eigenvalue weighted by Gasteiger charge is 2.11. The molecular weight excluding hydrogens is 326 g/mol. The zero-order chi connectivity index (χ0) is 19.1. The van der Waals surface area contributed by atoms with E-state index in [1.54, 1.807) is 0 Å². The molecule has 0 spiro atoms. The van der Waals surface area contributed by atoms with Crippen LogP contribution < -0.4 is 16.0 Å². The van der Waals surface area contributed by atoms with Gasteiger partial charge in [0.1, 0.15) is 0 Å². The first kappa shape index (κ1) is 19.5. The van der Waals surface area contributed by atoms with Crippen molar-refractivity contribution in [1.82, 2.24) is 0 Å². The van der Waals surface area contributed by atoms with Crippen LogP contribution in [-0.2, 0) is 9.59 Å². The highest BCUT2D eigenvalue weighted by atomic mass is 16.2. The zero-order valence-corrected chi connectivity index (χ0v) is 15.8. The minimum absolute atomic E-state index is 0.0106. The van der Waals surface area contributed by atoms with Crippen molar-refractivity contribution in [2.75, 3.05) is 22.5 Å². The number of anilines is 3. The fourth-order valence-corrected chi connectivity index (χ4v) is 2.74. The number of nitrogens with one attached hydrogen (secondary N) is 3. The number of carbonyl (C=O) groups is 2. The molecular formula is C21H27N3O2. The quantitative estimate of drug-likeness (QED) is 0.685. The predicted octanol–water partition coefficient (Wildman–Crippen LogP) is 4.52. The summed E-state index contributed by atoms with van der Waals surface area (Å²) in [6, 6.07) is 13.5. The molecule has 5 heteroatoms. The third kappa shape index (κ3) is 5.62. The van der Waals surface area contributed by atoms with Crippen molar-refractivity contribution in [3.63, 3.8) is 0 Å². The van der Waals surface area contributed by atoms with Crippen molar-refractivity contribution in [2.45, 2.75) is 40.0 Å². The molecule has 0 bridgehead atoms. The van der Waals surface area contributed by atoms with Gasteiger partial charge in [0.2, 0.25) is 11.8 Å². The smallest absolute Gasteiger partial charge is 0.226 e. The van der Waals surface area contributed by atoms with Gasteiger partial charge in [-0.3, -0.25) is 9.59 Å². The van der Waals surface area contributed by atoms with Gasteiger partial charge in [0.15, 0.2) is 0 Å². The Morgan fingerprint density at radius 2 is 1.62 bits per heavy atom. The number of rotatable bonds is 7. The molecule has 26 heavy (non-hydrogen) atoms. The van der Waals surface area contributed by atoms with Gasteiger partial charge in [-0.25, -0.2) is 0 Å². The molecule has 138 valence electrons. The molecule has 2 amide bonds. The van der Waals surface area contributed by atoms with Gasteiger partial charge in [-0.1, -0.05) is 32.0 Å². The maximum absolute atomic E-state index is 12.3. The van der Waals surface area contributed by atoms with Crippen LogP contribution in [-0.4, -0.2) is 18.4 Å². The lowest BCUT2D eigenvalue weighted by Crippen LogP contribution is -2.18. The van der Waals surface area contributed by atoms with Crippen LogP contribution in [0.25, 0.3) is 0 Å². The summed E-state index contributed by atoms with van der Waals surface area (Å²) < 4.78 is 0. The van der Waals surface area contributed by atoms with Gasteiger partial charge < -0.3 is 16.0 Å². The van der Waals surface area contributed by atoms with Crippen molar-refractivity contribution >= 4 is 28.9 Å². The number of hydrogen-bond donors (Lipinski definition) is 3. The second kappa shape index (κ2) is 9.04. The Morgan fingerprint density at radius 1 is 0.962 bits per heavy atom. The molecule has 0 aliphatic heterocycles. The molecule has 0 saturated heterocycles. The molecule has 0 saturated carbocycles. The highest BCUT2D eigenvalue weighted by Crippen LogP contribution is 2.27. The van der Waals surface area contributed by atoms with Crippen LogP contribution in [0.3, 0.4) is 0 Å². The van der Waals surface area contributed by atoms with E-state index in [1.165, 1.54) is 6.92 Å². The van der Waals surface area contributed by atoms with Crippen molar-refractivity contribution in [2.24, 2.45) is 0 Å². The Balaban J connectivity index is 1.87. The number of amides is 2. The fourth-order valence-electron chi connectivity index (χ4n) is 2.74. The third-order valence-corrected chi connectivity index (χ3v) is 4.08. The van der Waals surface area contributed by atoms with E-state index in [4.69, 9.17) is 0 Å². The SMILES string of the molecule is CC(=O)Nc1ccc(NCCC(=O)Nc2c(C)cccc2C(C)C)cc1. The van der Waals surface area contributed by atoms with Gasteiger partial charge in [0.25, 0.3) is 0 Å². The lowest BCUT2D eigenvalue weighted by atomic mass is 9.98. The number of aryl methyl sites for hydroxylation is 1. The number of para-hydroxylation sites is 1. The van der Waals surface area contributed by atoms with Crippen LogP contribution in [0.2, 0.25) is 0 Å². The van der Waals surface area contributed by atoms with E-state index < -0.39 is 0 Å². The monoisotopic (exact) mass is 353 g/mol. The van der Waals surface area contributed by atoms with E-state index in [1.807, 2.05) is 43.3 Å². The van der Waals surface area contributed by atoms with Gasteiger partial charge >= 0.3 is 0 Å². The van der Waals surface area contributed by atoms with Crippen LogP contribution in [0.15, 0.2) is 42.5 Å². The molecule has 0 fully saturated rings. The molecule has 0 aromatic heterocycles. The minimum atomic E-state index is -0.0978. The first-order valence-electron chi connectivity index (χ1n) is 8.87. The molecule has 0 radical (unpaired) electrons. The molecule has 2 rings (SSSR count). The molecule has 3 N–H and O–H groups in total. The summed E-state index contributed by atoms with van der Waals surface area (Å²) in [5.74, 6) is 0.244. The Labute approximate surface area is 155 Å². The molecule has 0 atom stereocenters. The van der Waals surface area contributed by atoms with Gasteiger partial charge in [-0.15, -0.1) is 0 Å². The van der Waals surface area contributed by atoms with E-state index in [-0.39, 0.29) is 11.8 Å². The van der Waals surface area contributed by atoms with E-state index >= 15 is 0 Å². The van der Waals surface area contributed by atoms with Gasteiger partial charge in [-0.2, -0.15) is 0 Å². The second-order valence-corrected chi connectivity index (χ2v) is 6.68. The normalized spacial score (nSPS) is 10.5. The number of benzene rings is 2. The van der Waals surface area contributed by atoms with Gasteiger partial charge in [0.05, 0.1) is 0 Å². The summed E-state index contributed by atoms with van der Waals surface area (Å²) in [6.07, 6.45) is 0.374. The Kier molecular flexibility index (Phi) is 6.78. The fraction of sp³-hybridized carbons (Fsp3) is 0.333. The van der Waals surface area contributed by atoms with Crippen molar-refractivity contribution < 1.29 is 9.59 Å². The van der Waals surface area contributed by atoms with E-state index in [2.05, 4.69) is 35.9 Å². The maximum Gasteiger partial charge on any atom is 0.226 e. The van der Waals surface area contributed by atoms with Crippen molar-refractivity contribution in [3.8, 4) is 0 Å². The van der Waals surface area contributed by atoms with Crippen LogP contribution in [0.4, 0.5) is 17.1 Å². The standard InChI is InChI=1S/C21H27N3O2/c1-14(2)19-7-5-6-15(3)21(19)24-20(26)12-13-22-17-8-10-18(11-9-17)23-16(4)25/h5-11,14,22H,12-13H2,1-4H3,(H,23,25)(H,24,26). The van der Waals surface area contributed by atoms with Crippen molar-refractivity contribution in [3.05, 3.63) is 53.6 Å². The topological polar surface area (TPSA) is 70.2 Å². The summed E-state index contributed by atoms with van der Waals surface area (Å²) >= 11 is 0. The molecule has 0 unspecified atom stereocenters. The Hall–Kier alpha value is -2.82. The van der Waals surface area contributed by atoms with E-state index in [0.717, 1.165) is 28.2 Å². The second-order valence-electron chi connectivity index (χ2n) is 6.68. The van der Waals surface area contributed by atoms with Gasteiger partial charge in [0, 0.05) is 37.0 Å². The minimum Gasteiger partial charge on any atom is -0.385 e.